The maximum Gasteiger partial charge on any atom is 0.255 e. The number of amides is 2. The number of nitrogens with one attached hydrogen (secondary N) is 2. The van der Waals surface area contributed by atoms with Crippen molar-refractivity contribution in [1.29, 1.82) is 0 Å². The Bertz CT molecular complexity index is 1560. The van der Waals surface area contributed by atoms with E-state index in [-0.39, 0.29) is 11.8 Å². The predicted molar refractivity (Wildman–Crippen MR) is 173 cm³/mol. The molecule has 2 aromatic carbocycles. The molecule has 1 aliphatic heterocycles. The van der Waals surface area contributed by atoms with E-state index >= 15 is 0 Å². The van der Waals surface area contributed by atoms with Gasteiger partial charge in [0.1, 0.15) is 0 Å². The van der Waals surface area contributed by atoms with Gasteiger partial charge in [0.15, 0.2) is 0 Å². The summed E-state index contributed by atoms with van der Waals surface area (Å²) in [5.74, 6) is 0.390. The normalized spacial score (nSPS) is 13.4. The van der Waals surface area contributed by atoms with Crippen LogP contribution in [0.3, 0.4) is 0 Å². The third-order valence-corrected chi connectivity index (χ3v) is 7.59. The van der Waals surface area contributed by atoms with E-state index in [0.29, 0.717) is 56.5 Å². The van der Waals surface area contributed by atoms with Gasteiger partial charge in [-0.3, -0.25) is 19.5 Å². The second-order valence-electron chi connectivity index (χ2n) is 10.8. The van der Waals surface area contributed by atoms with Crippen molar-refractivity contribution in [3.05, 3.63) is 95.9 Å². The molecule has 0 unspecified atom stereocenters. The molecule has 0 aliphatic carbocycles. The molecular formula is C34H39N7O4. The number of aromatic nitrogens is 3. The highest BCUT2D eigenvalue weighted by atomic mass is 16.5. The van der Waals surface area contributed by atoms with E-state index in [0.717, 1.165) is 47.7 Å². The Morgan fingerprint density at radius 2 is 1.76 bits per heavy atom. The topological polar surface area (TPSA) is 122 Å². The van der Waals surface area contributed by atoms with Crippen LogP contribution in [0.4, 0.5) is 17.3 Å². The minimum atomic E-state index is -0.190. The SMILES string of the molecule is COCCOCCC(=O)N1CCN(Cc2ccc(C(=O)Nc3ccc(C)c(Nc4nccc(-c5cccnc5)n4)c3)cc2)CC1. The van der Waals surface area contributed by atoms with Crippen molar-refractivity contribution >= 4 is 29.1 Å². The van der Waals surface area contributed by atoms with Crippen LogP contribution in [0, 0.1) is 6.92 Å². The van der Waals surface area contributed by atoms with Gasteiger partial charge in [-0.05, 0) is 60.5 Å². The summed E-state index contributed by atoms with van der Waals surface area (Å²) in [5, 5.41) is 6.27. The second-order valence-corrected chi connectivity index (χ2v) is 10.8. The number of hydrogen-bond donors (Lipinski definition) is 2. The smallest absolute Gasteiger partial charge is 0.255 e. The van der Waals surface area contributed by atoms with E-state index in [1.54, 1.807) is 25.7 Å². The summed E-state index contributed by atoms with van der Waals surface area (Å²) in [6.45, 7) is 7.22. The molecule has 2 aromatic heterocycles. The zero-order valence-corrected chi connectivity index (χ0v) is 25.7. The van der Waals surface area contributed by atoms with E-state index in [4.69, 9.17) is 9.47 Å². The molecule has 1 saturated heterocycles. The maximum atomic E-state index is 13.1. The van der Waals surface area contributed by atoms with Gasteiger partial charge in [0, 0.05) is 80.9 Å². The predicted octanol–water partition coefficient (Wildman–Crippen LogP) is 4.54. The molecule has 1 aliphatic rings. The van der Waals surface area contributed by atoms with Gasteiger partial charge in [0.05, 0.1) is 31.9 Å². The Balaban J connectivity index is 1.11. The number of benzene rings is 2. The first-order valence-corrected chi connectivity index (χ1v) is 15.1. The molecule has 1 fully saturated rings. The summed E-state index contributed by atoms with van der Waals surface area (Å²) in [4.78, 5) is 42.9. The van der Waals surface area contributed by atoms with Crippen molar-refractivity contribution in [1.82, 2.24) is 24.8 Å². The Kier molecular flexibility index (Phi) is 11.2. The highest BCUT2D eigenvalue weighted by molar-refractivity contribution is 6.04. The standard InChI is InChI=1S/C34H39N7O4/c1-25-5-10-29(22-31(25)39-34-36-14-11-30(38-34)28-4-3-13-35-23-28)37-33(43)27-8-6-26(7-9-27)24-40-15-17-41(18-16-40)32(42)12-19-45-21-20-44-2/h3-11,13-14,22-23H,12,15-21,24H2,1-2H3,(H,37,43)(H,36,38,39). The van der Waals surface area contributed by atoms with Crippen LogP contribution in [0.1, 0.15) is 27.9 Å². The Morgan fingerprint density at radius 3 is 2.51 bits per heavy atom. The number of rotatable bonds is 13. The Hall–Kier alpha value is -4.71. The molecule has 0 radical (unpaired) electrons. The quantitative estimate of drug-likeness (QED) is 0.211. The average molecular weight is 610 g/mol. The summed E-state index contributed by atoms with van der Waals surface area (Å²) in [7, 11) is 1.63. The van der Waals surface area contributed by atoms with Crippen molar-refractivity contribution in [3.63, 3.8) is 0 Å². The molecule has 0 saturated carbocycles. The molecule has 11 heteroatoms. The average Bonchev–Trinajstić information content (AvgIpc) is 3.07. The van der Waals surface area contributed by atoms with Gasteiger partial charge in [-0.2, -0.15) is 0 Å². The van der Waals surface area contributed by atoms with Crippen molar-refractivity contribution < 1.29 is 19.1 Å². The van der Waals surface area contributed by atoms with Gasteiger partial charge in [-0.1, -0.05) is 18.2 Å². The number of carbonyl (C=O) groups excluding carboxylic acids is 2. The number of piperazine rings is 1. The number of anilines is 3. The van der Waals surface area contributed by atoms with Gasteiger partial charge < -0.3 is 25.0 Å². The fourth-order valence-corrected chi connectivity index (χ4v) is 4.99. The highest BCUT2D eigenvalue weighted by Crippen LogP contribution is 2.25. The minimum Gasteiger partial charge on any atom is -0.382 e. The molecule has 11 nitrogen and oxygen atoms in total. The number of hydrogen-bond acceptors (Lipinski definition) is 9. The van der Waals surface area contributed by atoms with Gasteiger partial charge in [-0.25, -0.2) is 9.97 Å². The van der Waals surface area contributed by atoms with Crippen LogP contribution in [-0.2, 0) is 20.8 Å². The van der Waals surface area contributed by atoms with Crippen LogP contribution < -0.4 is 10.6 Å². The van der Waals surface area contributed by atoms with Crippen molar-refractivity contribution in [2.24, 2.45) is 0 Å². The van der Waals surface area contributed by atoms with E-state index in [1.807, 2.05) is 72.5 Å². The van der Waals surface area contributed by atoms with Crippen LogP contribution in [0.2, 0.25) is 0 Å². The number of nitrogens with zero attached hydrogens (tertiary/aromatic N) is 5. The van der Waals surface area contributed by atoms with E-state index < -0.39 is 0 Å². The largest absolute Gasteiger partial charge is 0.382 e. The Morgan fingerprint density at radius 1 is 0.933 bits per heavy atom. The lowest BCUT2D eigenvalue weighted by molar-refractivity contribution is -0.134. The van der Waals surface area contributed by atoms with Crippen molar-refractivity contribution in [3.8, 4) is 11.3 Å². The first-order chi connectivity index (χ1) is 22.0. The van der Waals surface area contributed by atoms with Crippen LogP contribution in [0.25, 0.3) is 11.3 Å². The van der Waals surface area contributed by atoms with Gasteiger partial charge in [-0.15, -0.1) is 0 Å². The minimum absolute atomic E-state index is 0.127. The molecule has 5 rings (SSSR count). The zero-order chi connectivity index (χ0) is 31.4. The van der Waals surface area contributed by atoms with Crippen LogP contribution in [-0.4, -0.2) is 89.7 Å². The fraction of sp³-hybridized carbons (Fsp3) is 0.324. The number of aryl methyl sites for hydroxylation is 1. The maximum absolute atomic E-state index is 13.1. The van der Waals surface area contributed by atoms with Gasteiger partial charge in [0.2, 0.25) is 11.9 Å². The summed E-state index contributed by atoms with van der Waals surface area (Å²) in [5.41, 5.74) is 5.80. The van der Waals surface area contributed by atoms with Crippen molar-refractivity contribution in [2.75, 3.05) is 63.7 Å². The lowest BCUT2D eigenvalue weighted by Gasteiger charge is -2.34. The lowest BCUT2D eigenvalue weighted by Crippen LogP contribution is -2.48. The van der Waals surface area contributed by atoms with Crippen LogP contribution in [0.15, 0.2) is 79.3 Å². The van der Waals surface area contributed by atoms with Crippen molar-refractivity contribution in [2.45, 2.75) is 19.9 Å². The molecule has 4 aromatic rings. The third-order valence-electron chi connectivity index (χ3n) is 7.59. The van der Waals surface area contributed by atoms with Gasteiger partial charge in [0.25, 0.3) is 5.91 Å². The van der Waals surface area contributed by atoms with E-state index in [1.165, 1.54) is 0 Å². The monoisotopic (exact) mass is 609 g/mol. The summed E-state index contributed by atoms with van der Waals surface area (Å²) >= 11 is 0. The van der Waals surface area contributed by atoms with E-state index in [9.17, 15) is 9.59 Å². The molecule has 3 heterocycles. The lowest BCUT2D eigenvalue weighted by atomic mass is 10.1. The molecule has 2 N–H and O–H groups in total. The molecular weight excluding hydrogens is 570 g/mol. The van der Waals surface area contributed by atoms with Crippen LogP contribution >= 0.6 is 0 Å². The first-order valence-electron chi connectivity index (χ1n) is 15.1. The highest BCUT2D eigenvalue weighted by Gasteiger charge is 2.21. The molecule has 45 heavy (non-hydrogen) atoms. The fourth-order valence-electron chi connectivity index (χ4n) is 4.99. The molecule has 0 spiro atoms. The molecule has 234 valence electrons. The summed E-state index contributed by atoms with van der Waals surface area (Å²) < 4.78 is 10.4. The molecule has 2 amide bonds. The second kappa shape index (κ2) is 15.8. The number of ether oxygens (including phenoxy) is 2. The molecule has 0 bridgehead atoms. The number of methoxy groups -OCH3 is 1. The molecule has 0 atom stereocenters. The summed E-state index contributed by atoms with van der Waals surface area (Å²) in [6.07, 6.45) is 5.58. The van der Waals surface area contributed by atoms with E-state index in [2.05, 4.69) is 30.5 Å². The Labute approximate surface area is 263 Å². The first kappa shape index (κ1) is 31.7. The van der Waals surface area contributed by atoms with Gasteiger partial charge >= 0.3 is 0 Å². The number of pyridine rings is 1. The zero-order valence-electron chi connectivity index (χ0n) is 25.7. The van der Waals surface area contributed by atoms with Crippen LogP contribution in [0.5, 0.6) is 0 Å². The number of carbonyl (C=O) groups is 2. The summed E-state index contributed by atoms with van der Waals surface area (Å²) in [6, 6.07) is 19.0. The third kappa shape index (κ3) is 9.15.